The third-order valence-electron chi connectivity index (χ3n) is 4.18. The van der Waals surface area contributed by atoms with Crippen molar-refractivity contribution >= 4 is 21.6 Å². The van der Waals surface area contributed by atoms with Crippen molar-refractivity contribution in [2.24, 2.45) is 0 Å². The minimum absolute atomic E-state index is 0.112. The van der Waals surface area contributed by atoms with Crippen LogP contribution in [0.1, 0.15) is 46.8 Å². The molecule has 0 unspecified atom stereocenters. The van der Waals surface area contributed by atoms with Crippen molar-refractivity contribution < 1.29 is 13.2 Å². The Kier molecular flexibility index (Phi) is 6.42. The van der Waals surface area contributed by atoms with E-state index >= 15 is 0 Å². The monoisotopic (exact) mass is 374 g/mol. The first-order valence-corrected chi connectivity index (χ1v) is 10.2. The molecule has 0 fully saturated rings. The molecule has 0 saturated heterocycles. The van der Waals surface area contributed by atoms with Gasteiger partial charge in [-0.15, -0.1) is 0 Å². The lowest BCUT2D eigenvalue weighted by atomic mass is 10.1. The SMILES string of the molecule is CCCCNC(=O)c1ccc(C)c(S(=O)(=O)Nc2ccc(C)cc2C)c1. The van der Waals surface area contributed by atoms with Crippen molar-refractivity contribution in [2.75, 3.05) is 11.3 Å². The molecular formula is C20H26N2O3S. The Morgan fingerprint density at radius 3 is 2.38 bits per heavy atom. The van der Waals surface area contributed by atoms with Crippen molar-refractivity contribution in [3.63, 3.8) is 0 Å². The van der Waals surface area contributed by atoms with Gasteiger partial charge in [0.15, 0.2) is 0 Å². The van der Waals surface area contributed by atoms with E-state index in [0.29, 0.717) is 23.4 Å². The zero-order valence-corrected chi connectivity index (χ0v) is 16.5. The van der Waals surface area contributed by atoms with Gasteiger partial charge in [0, 0.05) is 12.1 Å². The molecule has 1 amide bonds. The van der Waals surface area contributed by atoms with Gasteiger partial charge in [0.25, 0.3) is 15.9 Å². The summed E-state index contributed by atoms with van der Waals surface area (Å²) < 4.78 is 28.3. The number of amides is 1. The van der Waals surface area contributed by atoms with Gasteiger partial charge in [0.05, 0.1) is 10.6 Å². The summed E-state index contributed by atoms with van der Waals surface area (Å²) in [6, 6.07) is 10.3. The first kappa shape index (κ1) is 20.0. The highest BCUT2D eigenvalue weighted by Gasteiger charge is 2.20. The Hall–Kier alpha value is -2.34. The standard InChI is InChI=1S/C20H26N2O3S/c1-5-6-11-21-20(23)17-9-8-15(3)19(13-17)26(24,25)22-18-10-7-14(2)12-16(18)4/h7-10,12-13,22H,5-6,11H2,1-4H3,(H,21,23). The molecule has 0 aromatic heterocycles. The van der Waals surface area contributed by atoms with Gasteiger partial charge in [0.1, 0.15) is 0 Å². The molecule has 0 aliphatic heterocycles. The van der Waals surface area contributed by atoms with Crippen LogP contribution >= 0.6 is 0 Å². The van der Waals surface area contributed by atoms with E-state index in [1.807, 2.05) is 32.9 Å². The Labute approximate surface area is 155 Å². The summed E-state index contributed by atoms with van der Waals surface area (Å²) in [4.78, 5) is 12.3. The van der Waals surface area contributed by atoms with E-state index in [9.17, 15) is 13.2 Å². The first-order chi connectivity index (χ1) is 12.2. The van der Waals surface area contributed by atoms with Crippen molar-refractivity contribution in [1.29, 1.82) is 0 Å². The maximum atomic E-state index is 12.9. The molecule has 0 aliphatic carbocycles. The van der Waals surface area contributed by atoms with Crippen LogP contribution in [0.25, 0.3) is 0 Å². The van der Waals surface area contributed by atoms with E-state index in [2.05, 4.69) is 10.0 Å². The number of unbranched alkanes of at least 4 members (excludes halogenated alkanes) is 1. The number of benzene rings is 2. The summed E-state index contributed by atoms with van der Waals surface area (Å²) in [6.45, 7) is 8.15. The molecule has 0 spiro atoms. The van der Waals surface area contributed by atoms with Crippen LogP contribution in [-0.4, -0.2) is 20.9 Å². The van der Waals surface area contributed by atoms with Gasteiger partial charge in [-0.3, -0.25) is 9.52 Å². The minimum atomic E-state index is -3.79. The highest BCUT2D eigenvalue weighted by Crippen LogP contribution is 2.23. The van der Waals surface area contributed by atoms with E-state index in [4.69, 9.17) is 0 Å². The number of carbonyl (C=O) groups excluding carboxylic acids is 1. The molecule has 140 valence electrons. The van der Waals surface area contributed by atoms with Gasteiger partial charge in [-0.25, -0.2) is 8.42 Å². The van der Waals surface area contributed by atoms with Gasteiger partial charge in [0.2, 0.25) is 0 Å². The fourth-order valence-corrected chi connectivity index (χ4v) is 4.04. The summed E-state index contributed by atoms with van der Waals surface area (Å²) in [5.41, 5.74) is 3.37. The smallest absolute Gasteiger partial charge is 0.262 e. The quantitative estimate of drug-likeness (QED) is 0.721. The maximum absolute atomic E-state index is 12.9. The van der Waals surface area contributed by atoms with Gasteiger partial charge >= 0.3 is 0 Å². The van der Waals surface area contributed by atoms with Crippen LogP contribution in [-0.2, 0) is 10.0 Å². The van der Waals surface area contributed by atoms with Gasteiger partial charge < -0.3 is 5.32 Å². The van der Waals surface area contributed by atoms with Crippen LogP contribution in [0.4, 0.5) is 5.69 Å². The average Bonchev–Trinajstić information content (AvgIpc) is 2.57. The predicted molar refractivity (Wildman–Crippen MR) is 105 cm³/mol. The highest BCUT2D eigenvalue weighted by molar-refractivity contribution is 7.92. The average molecular weight is 375 g/mol. The van der Waals surface area contributed by atoms with Crippen LogP contribution in [0, 0.1) is 20.8 Å². The largest absolute Gasteiger partial charge is 0.352 e. The Bertz CT molecular complexity index is 905. The first-order valence-electron chi connectivity index (χ1n) is 8.73. The number of hydrogen-bond donors (Lipinski definition) is 2. The van der Waals surface area contributed by atoms with Crippen LogP contribution in [0.15, 0.2) is 41.3 Å². The summed E-state index contributed by atoms with van der Waals surface area (Å²) >= 11 is 0. The molecule has 0 saturated carbocycles. The van der Waals surface area contributed by atoms with E-state index in [0.717, 1.165) is 24.0 Å². The van der Waals surface area contributed by atoms with E-state index in [1.54, 1.807) is 25.1 Å². The summed E-state index contributed by atoms with van der Waals surface area (Å²) in [7, 11) is -3.79. The highest BCUT2D eigenvalue weighted by atomic mass is 32.2. The van der Waals surface area contributed by atoms with Gasteiger partial charge in [-0.2, -0.15) is 0 Å². The van der Waals surface area contributed by atoms with Crippen LogP contribution in [0.5, 0.6) is 0 Å². The van der Waals surface area contributed by atoms with Crippen molar-refractivity contribution in [1.82, 2.24) is 5.32 Å². The Morgan fingerprint density at radius 1 is 1.00 bits per heavy atom. The Morgan fingerprint density at radius 2 is 1.73 bits per heavy atom. The van der Waals surface area contributed by atoms with Crippen molar-refractivity contribution in [2.45, 2.75) is 45.4 Å². The molecule has 6 heteroatoms. The number of hydrogen-bond acceptors (Lipinski definition) is 3. The van der Waals surface area contributed by atoms with Crippen LogP contribution in [0.2, 0.25) is 0 Å². The summed E-state index contributed by atoms with van der Waals surface area (Å²) in [5.74, 6) is -0.263. The molecule has 0 bridgehead atoms. The molecule has 2 rings (SSSR count). The predicted octanol–water partition coefficient (Wildman–Crippen LogP) is 3.94. The molecule has 0 atom stereocenters. The zero-order valence-electron chi connectivity index (χ0n) is 15.7. The number of carbonyl (C=O) groups is 1. The topological polar surface area (TPSA) is 75.3 Å². The zero-order chi connectivity index (χ0) is 19.3. The molecule has 26 heavy (non-hydrogen) atoms. The second-order valence-corrected chi connectivity index (χ2v) is 8.16. The lowest BCUT2D eigenvalue weighted by molar-refractivity contribution is 0.0953. The molecule has 2 aromatic carbocycles. The summed E-state index contributed by atoms with van der Waals surface area (Å²) in [6.07, 6.45) is 1.87. The summed E-state index contributed by atoms with van der Waals surface area (Å²) in [5, 5.41) is 2.81. The molecule has 2 N–H and O–H groups in total. The maximum Gasteiger partial charge on any atom is 0.262 e. The molecule has 0 aliphatic rings. The lowest BCUT2D eigenvalue weighted by Gasteiger charge is -2.14. The lowest BCUT2D eigenvalue weighted by Crippen LogP contribution is -2.25. The van der Waals surface area contributed by atoms with Gasteiger partial charge in [-0.05, 0) is 56.5 Å². The van der Waals surface area contributed by atoms with E-state index < -0.39 is 10.0 Å². The molecular weight excluding hydrogens is 348 g/mol. The third-order valence-corrected chi connectivity index (χ3v) is 5.69. The molecule has 5 nitrogen and oxygen atoms in total. The molecule has 0 heterocycles. The van der Waals surface area contributed by atoms with E-state index in [1.165, 1.54) is 6.07 Å². The number of rotatable bonds is 7. The van der Waals surface area contributed by atoms with Crippen molar-refractivity contribution in [3.8, 4) is 0 Å². The normalized spacial score (nSPS) is 11.2. The number of anilines is 1. The number of nitrogens with one attached hydrogen (secondary N) is 2. The molecule has 0 radical (unpaired) electrons. The fourth-order valence-electron chi connectivity index (χ4n) is 2.64. The van der Waals surface area contributed by atoms with Crippen LogP contribution in [0.3, 0.4) is 0 Å². The second kappa shape index (κ2) is 8.36. The van der Waals surface area contributed by atoms with Gasteiger partial charge in [-0.1, -0.05) is 37.1 Å². The minimum Gasteiger partial charge on any atom is -0.352 e. The molecule has 2 aromatic rings. The Balaban J connectivity index is 2.30. The van der Waals surface area contributed by atoms with Crippen LogP contribution < -0.4 is 10.0 Å². The fraction of sp³-hybridized carbons (Fsp3) is 0.350. The number of aryl methyl sites for hydroxylation is 3. The third kappa shape index (κ3) is 4.85. The second-order valence-electron chi connectivity index (χ2n) is 6.51. The van der Waals surface area contributed by atoms with E-state index in [-0.39, 0.29) is 10.8 Å². The number of sulfonamides is 1. The van der Waals surface area contributed by atoms with Crippen molar-refractivity contribution in [3.05, 3.63) is 58.7 Å².